The van der Waals surface area contributed by atoms with Crippen molar-refractivity contribution >= 4 is 29.2 Å². The molecule has 0 bridgehead atoms. The van der Waals surface area contributed by atoms with E-state index in [1.54, 1.807) is 38.1 Å². The first-order valence-corrected chi connectivity index (χ1v) is 14.1. The van der Waals surface area contributed by atoms with E-state index in [1.165, 1.54) is 13.2 Å². The summed E-state index contributed by atoms with van der Waals surface area (Å²) in [5.41, 5.74) is 3.44. The number of Topliss-reactive ketones (excluding diaryl/α,β-unsaturated/α-hetero) is 1. The van der Waals surface area contributed by atoms with Crippen molar-refractivity contribution in [3.8, 4) is 23.0 Å². The van der Waals surface area contributed by atoms with Gasteiger partial charge in [0.1, 0.15) is 12.5 Å². The van der Waals surface area contributed by atoms with Crippen LogP contribution in [0.5, 0.6) is 23.0 Å². The number of nitrogens with zero attached hydrogens (tertiary/aromatic N) is 1. The maximum Gasteiger partial charge on any atom is 0.315 e. The third-order valence-corrected chi connectivity index (χ3v) is 8.12. The lowest BCUT2D eigenvalue weighted by Gasteiger charge is -2.36. The van der Waals surface area contributed by atoms with Gasteiger partial charge in [0.25, 0.3) is 0 Å². The van der Waals surface area contributed by atoms with E-state index in [9.17, 15) is 14.7 Å². The first kappa shape index (κ1) is 28.5. The van der Waals surface area contributed by atoms with Crippen molar-refractivity contribution in [1.29, 1.82) is 0 Å². The molecule has 208 valence electrons. The summed E-state index contributed by atoms with van der Waals surface area (Å²) in [6.07, 6.45) is 0.804. The zero-order valence-corrected chi connectivity index (χ0v) is 23.8. The van der Waals surface area contributed by atoms with E-state index in [4.69, 9.17) is 23.9 Å². The van der Waals surface area contributed by atoms with Gasteiger partial charge in [-0.1, -0.05) is 19.1 Å². The standard InChI is InChI=1S/C30H35NO7S/c1-6-39-12-11-38-30(34)27-17(2)31-21-13-20(18-8-10-24(35-3)26(15-18)37-5)14-23(33)29(21)28(27)19-7-9-22(32)25(16-19)36-4/h7-10,15-16,20,27-28,32H,6,11-14H2,1-5H3. The minimum Gasteiger partial charge on any atom is -0.504 e. The third kappa shape index (κ3) is 5.93. The molecule has 0 fully saturated rings. The van der Waals surface area contributed by atoms with Gasteiger partial charge in [0, 0.05) is 35.1 Å². The van der Waals surface area contributed by atoms with E-state index < -0.39 is 17.8 Å². The van der Waals surface area contributed by atoms with E-state index in [0.29, 0.717) is 46.2 Å². The van der Waals surface area contributed by atoms with E-state index in [2.05, 4.69) is 6.92 Å². The third-order valence-electron chi connectivity index (χ3n) is 7.26. The van der Waals surface area contributed by atoms with Crippen LogP contribution in [0.25, 0.3) is 0 Å². The smallest absolute Gasteiger partial charge is 0.315 e. The van der Waals surface area contributed by atoms with Gasteiger partial charge in [-0.05, 0) is 60.4 Å². The highest BCUT2D eigenvalue weighted by atomic mass is 32.2. The highest BCUT2D eigenvalue weighted by Gasteiger charge is 2.45. The zero-order chi connectivity index (χ0) is 28.1. The molecule has 0 aromatic heterocycles. The highest BCUT2D eigenvalue weighted by Crippen LogP contribution is 2.48. The second kappa shape index (κ2) is 12.6. The number of aliphatic imine (C=N–C) groups is 1. The van der Waals surface area contributed by atoms with E-state index in [0.717, 1.165) is 11.3 Å². The Morgan fingerprint density at radius 3 is 2.38 bits per heavy atom. The quantitative estimate of drug-likeness (QED) is 0.313. The summed E-state index contributed by atoms with van der Waals surface area (Å²) in [6.45, 7) is 4.15. The molecular formula is C30H35NO7S. The summed E-state index contributed by atoms with van der Waals surface area (Å²) in [7, 11) is 4.63. The van der Waals surface area contributed by atoms with Crippen LogP contribution in [0.15, 0.2) is 52.7 Å². The number of allylic oxidation sites excluding steroid dienone is 2. The predicted octanol–water partition coefficient (Wildman–Crippen LogP) is 5.29. The molecule has 9 heteroatoms. The molecule has 1 heterocycles. The largest absolute Gasteiger partial charge is 0.504 e. The molecule has 3 atom stereocenters. The SMILES string of the molecule is CCSCCOC(=O)C1C(C)=NC2=C(C(=O)CC(c3ccc(OC)c(OC)c3)C2)C1c1ccc(O)c(OC)c1. The molecule has 0 amide bonds. The minimum atomic E-state index is -0.758. The van der Waals surface area contributed by atoms with E-state index in [-0.39, 0.29) is 36.2 Å². The molecule has 1 aliphatic carbocycles. The molecule has 1 aliphatic heterocycles. The Bertz CT molecular complexity index is 1300. The van der Waals surface area contributed by atoms with Crippen LogP contribution in [0.4, 0.5) is 0 Å². The maximum absolute atomic E-state index is 13.8. The number of benzene rings is 2. The molecule has 2 aromatic carbocycles. The van der Waals surface area contributed by atoms with Crippen LogP contribution >= 0.6 is 11.8 Å². The Morgan fingerprint density at radius 1 is 1.00 bits per heavy atom. The van der Waals surface area contributed by atoms with E-state index in [1.807, 2.05) is 25.1 Å². The van der Waals surface area contributed by atoms with Crippen LogP contribution in [0.3, 0.4) is 0 Å². The first-order chi connectivity index (χ1) is 18.8. The lowest BCUT2D eigenvalue weighted by Crippen LogP contribution is -2.38. The number of phenolic OH excluding ortho intramolecular Hbond substituents is 1. The second-order valence-electron chi connectivity index (χ2n) is 9.51. The number of hydrogen-bond donors (Lipinski definition) is 1. The summed E-state index contributed by atoms with van der Waals surface area (Å²) in [4.78, 5) is 32.1. The van der Waals surface area contributed by atoms with Crippen LogP contribution in [-0.4, -0.2) is 62.0 Å². The van der Waals surface area contributed by atoms with Crippen molar-refractivity contribution in [3.63, 3.8) is 0 Å². The summed E-state index contributed by atoms with van der Waals surface area (Å²) in [5, 5.41) is 10.2. The van der Waals surface area contributed by atoms with Gasteiger partial charge in [-0.15, -0.1) is 0 Å². The molecule has 0 radical (unpaired) electrons. The number of aromatic hydroxyl groups is 1. The van der Waals surface area contributed by atoms with Crippen LogP contribution < -0.4 is 14.2 Å². The lowest BCUT2D eigenvalue weighted by atomic mass is 9.69. The maximum atomic E-state index is 13.8. The van der Waals surface area contributed by atoms with Crippen molar-refractivity contribution in [3.05, 3.63) is 58.8 Å². The van der Waals surface area contributed by atoms with Gasteiger partial charge in [0.05, 0.1) is 21.3 Å². The molecule has 39 heavy (non-hydrogen) atoms. The Hall–Kier alpha value is -3.46. The van der Waals surface area contributed by atoms with Crippen LogP contribution in [0.1, 0.15) is 49.7 Å². The Morgan fingerprint density at radius 2 is 1.69 bits per heavy atom. The molecule has 4 rings (SSSR count). The summed E-state index contributed by atoms with van der Waals surface area (Å²) >= 11 is 1.69. The lowest BCUT2D eigenvalue weighted by molar-refractivity contribution is -0.145. The van der Waals surface area contributed by atoms with Gasteiger partial charge in [0.15, 0.2) is 28.8 Å². The number of carbonyl (C=O) groups is 2. The average molecular weight is 554 g/mol. The molecular weight excluding hydrogens is 518 g/mol. The van der Waals surface area contributed by atoms with Gasteiger partial charge in [-0.3, -0.25) is 14.6 Å². The van der Waals surface area contributed by atoms with Gasteiger partial charge in [-0.25, -0.2) is 0 Å². The number of esters is 1. The van der Waals surface area contributed by atoms with Gasteiger partial charge in [-0.2, -0.15) is 11.8 Å². The summed E-state index contributed by atoms with van der Waals surface area (Å²) in [6, 6.07) is 10.6. The minimum absolute atomic E-state index is 0.0177. The van der Waals surface area contributed by atoms with Crippen molar-refractivity contribution in [1.82, 2.24) is 0 Å². The number of phenols is 1. The molecule has 0 spiro atoms. The summed E-state index contributed by atoms with van der Waals surface area (Å²) in [5.74, 6) is 1.17. The first-order valence-electron chi connectivity index (χ1n) is 13.0. The topological polar surface area (TPSA) is 104 Å². The number of methoxy groups -OCH3 is 3. The number of carbonyl (C=O) groups excluding carboxylic acids is 2. The number of ketones is 1. The van der Waals surface area contributed by atoms with Crippen molar-refractivity contribution in [2.24, 2.45) is 10.9 Å². The molecule has 2 aromatic rings. The Balaban J connectivity index is 1.74. The Labute approximate surface area is 233 Å². The van der Waals surface area contributed by atoms with Crippen LogP contribution in [0.2, 0.25) is 0 Å². The van der Waals surface area contributed by atoms with Gasteiger partial charge >= 0.3 is 5.97 Å². The number of rotatable bonds is 10. The molecule has 1 N–H and O–H groups in total. The molecule has 0 saturated carbocycles. The predicted molar refractivity (Wildman–Crippen MR) is 152 cm³/mol. The molecule has 0 saturated heterocycles. The second-order valence-corrected chi connectivity index (χ2v) is 10.9. The fraction of sp³-hybridized carbons (Fsp3) is 0.433. The monoisotopic (exact) mass is 553 g/mol. The van der Waals surface area contributed by atoms with Gasteiger partial charge in [0.2, 0.25) is 0 Å². The zero-order valence-electron chi connectivity index (χ0n) is 23.0. The van der Waals surface area contributed by atoms with Crippen molar-refractivity contribution in [2.75, 3.05) is 39.4 Å². The van der Waals surface area contributed by atoms with Crippen molar-refractivity contribution in [2.45, 2.75) is 38.5 Å². The fourth-order valence-corrected chi connectivity index (χ4v) is 5.88. The number of hydrogen-bond acceptors (Lipinski definition) is 9. The van der Waals surface area contributed by atoms with Crippen molar-refractivity contribution < 1.29 is 33.6 Å². The fourth-order valence-electron chi connectivity index (χ4n) is 5.39. The molecule has 8 nitrogen and oxygen atoms in total. The summed E-state index contributed by atoms with van der Waals surface area (Å²) < 4.78 is 21.9. The van der Waals surface area contributed by atoms with Crippen LogP contribution in [0, 0.1) is 5.92 Å². The normalized spacial score (nSPS) is 20.7. The van der Waals surface area contributed by atoms with Gasteiger partial charge < -0.3 is 24.1 Å². The molecule has 2 aliphatic rings. The molecule has 3 unspecified atom stereocenters. The number of ether oxygens (including phenoxy) is 4. The van der Waals surface area contributed by atoms with Crippen LogP contribution in [-0.2, 0) is 14.3 Å². The average Bonchev–Trinajstić information content (AvgIpc) is 2.94. The van der Waals surface area contributed by atoms with E-state index >= 15 is 0 Å². The Kier molecular flexibility index (Phi) is 9.22. The highest BCUT2D eigenvalue weighted by molar-refractivity contribution is 7.99. The number of thioether (sulfide) groups is 1.